The fourth-order valence-electron chi connectivity index (χ4n) is 3.46. The van der Waals surface area contributed by atoms with Crippen LogP contribution in [-0.2, 0) is 17.6 Å². The molecule has 0 radical (unpaired) electrons. The van der Waals surface area contributed by atoms with Gasteiger partial charge in [0.25, 0.3) is 0 Å². The van der Waals surface area contributed by atoms with Gasteiger partial charge in [0, 0.05) is 10.0 Å². The van der Waals surface area contributed by atoms with Gasteiger partial charge < -0.3 is 4.74 Å². The average molecular weight is 343 g/mol. The highest BCUT2D eigenvalue weighted by molar-refractivity contribution is 9.10. The fourth-order valence-corrected chi connectivity index (χ4v) is 4.15. The van der Waals surface area contributed by atoms with E-state index in [0.29, 0.717) is 0 Å². The van der Waals surface area contributed by atoms with Crippen molar-refractivity contribution in [3.8, 4) is 0 Å². The molecule has 1 aliphatic carbocycles. The summed E-state index contributed by atoms with van der Waals surface area (Å²) in [6.45, 7) is 0. The molecule has 21 heavy (non-hydrogen) atoms. The van der Waals surface area contributed by atoms with Crippen LogP contribution in [0.4, 0.5) is 0 Å². The Labute approximate surface area is 132 Å². The molecule has 0 saturated heterocycles. The molecule has 2 nitrogen and oxygen atoms in total. The van der Waals surface area contributed by atoms with E-state index < -0.39 is 0 Å². The van der Waals surface area contributed by atoms with Crippen molar-refractivity contribution < 1.29 is 9.53 Å². The first kappa shape index (κ1) is 13.1. The average Bonchev–Trinajstić information content (AvgIpc) is 2.87. The number of cyclic esters (lactones) is 1. The molecule has 106 valence electrons. The maximum Gasteiger partial charge on any atom is 0.339 e. The summed E-state index contributed by atoms with van der Waals surface area (Å²) in [5, 5.41) is 0. The lowest BCUT2D eigenvalue weighted by molar-refractivity contribution is 0.0454. The van der Waals surface area contributed by atoms with Gasteiger partial charge in [-0.05, 0) is 48.4 Å². The molecule has 0 fully saturated rings. The Morgan fingerprint density at radius 3 is 2.67 bits per heavy atom. The standard InChI is InChI=1S/C18H15BrO2/c19-14-10-12-8-4-5-9-13(12)15-16(14)17(21-18(15)20)11-6-2-1-3-7-11/h1-3,6-7,10,17H,4-5,8-9H2. The molecule has 0 saturated carbocycles. The van der Waals surface area contributed by atoms with Crippen molar-refractivity contribution in [3.05, 3.63) is 68.7 Å². The third kappa shape index (κ3) is 2.03. The summed E-state index contributed by atoms with van der Waals surface area (Å²) in [5.74, 6) is -0.168. The van der Waals surface area contributed by atoms with Gasteiger partial charge in [-0.2, -0.15) is 0 Å². The molecule has 2 aliphatic rings. The Kier molecular flexibility index (Phi) is 3.11. The quantitative estimate of drug-likeness (QED) is 0.708. The van der Waals surface area contributed by atoms with Crippen molar-refractivity contribution in [2.45, 2.75) is 31.8 Å². The van der Waals surface area contributed by atoms with Gasteiger partial charge >= 0.3 is 5.97 Å². The largest absolute Gasteiger partial charge is 0.449 e. The van der Waals surface area contributed by atoms with E-state index in [2.05, 4.69) is 22.0 Å². The number of fused-ring (bicyclic) bond motifs is 3. The smallest absolute Gasteiger partial charge is 0.339 e. The lowest BCUT2D eigenvalue weighted by Gasteiger charge is -2.19. The van der Waals surface area contributed by atoms with Crippen LogP contribution in [0.1, 0.15) is 51.6 Å². The van der Waals surface area contributed by atoms with Crippen LogP contribution in [0.15, 0.2) is 40.9 Å². The molecule has 3 heteroatoms. The maximum absolute atomic E-state index is 12.4. The Morgan fingerprint density at radius 2 is 1.86 bits per heavy atom. The van der Waals surface area contributed by atoms with E-state index in [1.54, 1.807) is 0 Å². The Hall–Kier alpha value is -1.61. The van der Waals surface area contributed by atoms with Gasteiger partial charge in [-0.3, -0.25) is 0 Å². The minimum atomic E-state index is -0.282. The number of benzene rings is 2. The SMILES string of the molecule is O=C1OC(c2ccccc2)c2c(Br)cc3c(c21)CCCC3. The van der Waals surface area contributed by atoms with E-state index >= 15 is 0 Å². The van der Waals surface area contributed by atoms with Crippen LogP contribution in [0.2, 0.25) is 0 Å². The molecule has 1 aliphatic heterocycles. The third-order valence-electron chi connectivity index (χ3n) is 4.43. The van der Waals surface area contributed by atoms with Crippen LogP contribution < -0.4 is 0 Å². The summed E-state index contributed by atoms with van der Waals surface area (Å²) in [7, 11) is 0. The zero-order chi connectivity index (χ0) is 14.4. The highest BCUT2D eigenvalue weighted by Crippen LogP contribution is 2.44. The van der Waals surface area contributed by atoms with Crippen molar-refractivity contribution in [3.63, 3.8) is 0 Å². The number of ether oxygens (including phenoxy) is 1. The molecule has 4 rings (SSSR count). The highest BCUT2D eigenvalue weighted by atomic mass is 79.9. The van der Waals surface area contributed by atoms with Gasteiger partial charge in [0.05, 0.1) is 5.56 Å². The second-order valence-corrected chi connectivity index (χ2v) is 6.54. The topological polar surface area (TPSA) is 26.3 Å². The lowest BCUT2D eigenvalue weighted by atomic mass is 9.85. The van der Waals surface area contributed by atoms with E-state index in [-0.39, 0.29) is 12.1 Å². The van der Waals surface area contributed by atoms with Crippen LogP contribution in [0, 0.1) is 0 Å². The summed E-state index contributed by atoms with van der Waals surface area (Å²) in [6.07, 6.45) is 4.13. The summed E-state index contributed by atoms with van der Waals surface area (Å²) in [6, 6.07) is 12.1. The van der Waals surface area contributed by atoms with Crippen molar-refractivity contribution in [2.75, 3.05) is 0 Å². The van der Waals surface area contributed by atoms with Crippen molar-refractivity contribution >= 4 is 21.9 Å². The minimum Gasteiger partial charge on any atom is -0.449 e. The molecule has 0 N–H and O–H groups in total. The molecule has 2 aromatic rings. The maximum atomic E-state index is 12.4. The fraction of sp³-hybridized carbons (Fsp3) is 0.278. The van der Waals surface area contributed by atoms with Crippen LogP contribution in [0.25, 0.3) is 0 Å². The molecular weight excluding hydrogens is 328 g/mol. The summed E-state index contributed by atoms with van der Waals surface area (Å²) >= 11 is 3.66. The van der Waals surface area contributed by atoms with Gasteiger partial charge in [0.15, 0.2) is 6.10 Å². The second-order valence-electron chi connectivity index (χ2n) is 5.69. The molecule has 2 aromatic carbocycles. The molecule has 1 heterocycles. The molecule has 0 spiro atoms. The molecular formula is C18H15BrO2. The van der Waals surface area contributed by atoms with Gasteiger partial charge in [-0.1, -0.05) is 46.3 Å². The number of carbonyl (C=O) groups is 1. The van der Waals surface area contributed by atoms with E-state index in [4.69, 9.17) is 4.74 Å². The Morgan fingerprint density at radius 1 is 1.10 bits per heavy atom. The summed E-state index contributed by atoms with van der Waals surface area (Å²) < 4.78 is 6.69. The Balaban J connectivity index is 1.92. The van der Waals surface area contributed by atoms with Crippen molar-refractivity contribution in [1.82, 2.24) is 0 Å². The van der Waals surface area contributed by atoms with E-state index in [1.165, 1.54) is 17.5 Å². The Bertz CT molecular complexity index is 722. The summed E-state index contributed by atoms with van der Waals surface area (Å²) in [4.78, 5) is 12.4. The zero-order valence-corrected chi connectivity index (χ0v) is 13.2. The first-order chi connectivity index (χ1) is 10.3. The van der Waals surface area contributed by atoms with Gasteiger partial charge in [-0.25, -0.2) is 4.79 Å². The zero-order valence-electron chi connectivity index (χ0n) is 11.6. The minimum absolute atomic E-state index is 0.168. The van der Waals surface area contributed by atoms with Crippen LogP contribution >= 0.6 is 15.9 Å². The monoisotopic (exact) mass is 342 g/mol. The van der Waals surface area contributed by atoms with Gasteiger partial charge in [0.1, 0.15) is 0 Å². The van der Waals surface area contributed by atoms with E-state index in [9.17, 15) is 4.79 Å². The van der Waals surface area contributed by atoms with Crippen LogP contribution in [-0.4, -0.2) is 5.97 Å². The molecule has 1 unspecified atom stereocenters. The number of carbonyl (C=O) groups excluding carboxylic acids is 1. The van der Waals surface area contributed by atoms with Crippen molar-refractivity contribution in [2.24, 2.45) is 0 Å². The number of hydrogen-bond acceptors (Lipinski definition) is 2. The number of hydrogen-bond donors (Lipinski definition) is 0. The van der Waals surface area contributed by atoms with Crippen LogP contribution in [0.5, 0.6) is 0 Å². The van der Waals surface area contributed by atoms with Crippen LogP contribution in [0.3, 0.4) is 0 Å². The third-order valence-corrected chi connectivity index (χ3v) is 5.09. The predicted molar refractivity (Wildman–Crippen MR) is 84.5 cm³/mol. The number of rotatable bonds is 1. The predicted octanol–water partition coefficient (Wildman–Crippen LogP) is 4.59. The first-order valence-corrected chi connectivity index (χ1v) is 8.15. The van der Waals surface area contributed by atoms with E-state index in [0.717, 1.165) is 40.4 Å². The molecule has 0 amide bonds. The summed E-state index contributed by atoms with van der Waals surface area (Å²) in [5.41, 5.74) is 5.36. The number of halogens is 1. The van der Waals surface area contributed by atoms with Gasteiger partial charge in [0.2, 0.25) is 0 Å². The lowest BCUT2D eigenvalue weighted by Crippen LogP contribution is -2.09. The molecule has 0 aromatic heterocycles. The number of aryl methyl sites for hydroxylation is 1. The van der Waals surface area contributed by atoms with E-state index in [1.807, 2.05) is 30.3 Å². The number of esters is 1. The molecule has 0 bridgehead atoms. The highest BCUT2D eigenvalue weighted by Gasteiger charge is 2.37. The normalized spacial score (nSPS) is 19.9. The van der Waals surface area contributed by atoms with Crippen molar-refractivity contribution in [1.29, 1.82) is 0 Å². The first-order valence-electron chi connectivity index (χ1n) is 7.36. The second kappa shape index (κ2) is 4.99. The van der Waals surface area contributed by atoms with Gasteiger partial charge in [-0.15, -0.1) is 0 Å². The molecule has 1 atom stereocenters.